The minimum Gasteiger partial charge on any atom is -0.355 e. The molecule has 1 aromatic heterocycles. The van der Waals surface area contributed by atoms with Gasteiger partial charge in [-0.15, -0.1) is 0 Å². The number of hydrogen-bond donors (Lipinski definition) is 3. The van der Waals surface area contributed by atoms with Gasteiger partial charge in [-0.2, -0.15) is 0 Å². The molecular formula is C11H11IN4. The number of anilines is 3. The van der Waals surface area contributed by atoms with Crippen molar-refractivity contribution in [1.82, 2.24) is 4.98 Å². The average molecular weight is 326 g/mol. The lowest BCUT2D eigenvalue weighted by Crippen LogP contribution is -2.08. The van der Waals surface area contributed by atoms with Crippen LogP contribution in [0.5, 0.6) is 0 Å². The highest BCUT2D eigenvalue weighted by molar-refractivity contribution is 14.1. The SMILES string of the molecule is NNc1cc(Nc2cccc(I)c2)ccn1. The topological polar surface area (TPSA) is 63.0 Å². The Labute approximate surface area is 107 Å². The zero-order valence-corrected chi connectivity index (χ0v) is 10.6. The molecule has 0 aliphatic heterocycles. The third-order valence-electron chi connectivity index (χ3n) is 2.02. The molecule has 0 fully saturated rings. The minimum absolute atomic E-state index is 0.635. The van der Waals surface area contributed by atoms with Crippen LogP contribution in [-0.2, 0) is 0 Å². The lowest BCUT2D eigenvalue weighted by atomic mass is 10.3. The van der Waals surface area contributed by atoms with Crippen molar-refractivity contribution in [3.05, 3.63) is 46.2 Å². The molecule has 0 atom stereocenters. The van der Waals surface area contributed by atoms with E-state index in [1.807, 2.05) is 30.3 Å². The van der Waals surface area contributed by atoms with E-state index >= 15 is 0 Å². The van der Waals surface area contributed by atoms with Crippen molar-refractivity contribution in [3.8, 4) is 0 Å². The first kappa shape index (κ1) is 11.2. The normalized spacial score (nSPS) is 9.88. The van der Waals surface area contributed by atoms with Crippen molar-refractivity contribution in [2.45, 2.75) is 0 Å². The van der Waals surface area contributed by atoms with E-state index in [-0.39, 0.29) is 0 Å². The molecular weight excluding hydrogens is 315 g/mol. The van der Waals surface area contributed by atoms with Crippen LogP contribution in [0.4, 0.5) is 17.2 Å². The summed E-state index contributed by atoms with van der Waals surface area (Å²) in [5.74, 6) is 5.93. The largest absolute Gasteiger partial charge is 0.355 e. The van der Waals surface area contributed by atoms with E-state index in [0.29, 0.717) is 5.82 Å². The van der Waals surface area contributed by atoms with Gasteiger partial charge in [-0.1, -0.05) is 6.07 Å². The maximum Gasteiger partial charge on any atom is 0.141 e. The van der Waals surface area contributed by atoms with Gasteiger partial charge in [0.25, 0.3) is 0 Å². The highest BCUT2D eigenvalue weighted by Gasteiger charge is 1.97. The van der Waals surface area contributed by atoms with Gasteiger partial charge < -0.3 is 10.7 Å². The number of benzene rings is 1. The van der Waals surface area contributed by atoms with Crippen LogP contribution < -0.4 is 16.6 Å². The molecule has 82 valence electrons. The van der Waals surface area contributed by atoms with Gasteiger partial charge in [0.05, 0.1) is 0 Å². The lowest BCUT2D eigenvalue weighted by molar-refractivity contribution is 1.23. The number of hydrogen-bond acceptors (Lipinski definition) is 4. The van der Waals surface area contributed by atoms with Gasteiger partial charge in [-0.3, -0.25) is 0 Å². The third kappa shape index (κ3) is 2.83. The van der Waals surface area contributed by atoms with Crippen LogP contribution in [0.2, 0.25) is 0 Å². The summed E-state index contributed by atoms with van der Waals surface area (Å²) in [6.45, 7) is 0. The maximum absolute atomic E-state index is 5.29. The van der Waals surface area contributed by atoms with Crippen LogP contribution in [0.25, 0.3) is 0 Å². The molecule has 0 amide bonds. The Bertz CT molecular complexity index is 487. The Hall–Kier alpha value is -1.34. The Balaban J connectivity index is 2.20. The summed E-state index contributed by atoms with van der Waals surface area (Å²) in [5.41, 5.74) is 4.50. The first-order valence-electron chi connectivity index (χ1n) is 4.73. The molecule has 0 spiro atoms. The molecule has 0 radical (unpaired) electrons. The zero-order chi connectivity index (χ0) is 11.4. The number of hydrazine groups is 1. The van der Waals surface area contributed by atoms with E-state index in [9.17, 15) is 0 Å². The second kappa shape index (κ2) is 5.13. The monoisotopic (exact) mass is 326 g/mol. The molecule has 4 nitrogen and oxygen atoms in total. The molecule has 2 rings (SSSR count). The summed E-state index contributed by atoms with van der Waals surface area (Å²) in [5, 5.41) is 3.28. The van der Waals surface area contributed by atoms with Crippen LogP contribution in [0.1, 0.15) is 0 Å². The number of nitrogens with one attached hydrogen (secondary N) is 2. The molecule has 1 aromatic carbocycles. The number of pyridine rings is 1. The predicted octanol–water partition coefficient (Wildman–Crippen LogP) is 2.72. The van der Waals surface area contributed by atoms with E-state index in [2.05, 4.69) is 44.4 Å². The second-order valence-electron chi connectivity index (χ2n) is 3.21. The van der Waals surface area contributed by atoms with Crippen molar-refractivity contribution in [2.24, 2.45) is 5.84 Å². The lowest BCUT2D eigenvalue weighted by Gasteiger charge is -2.07. The fourth-order valence-corrected chi connectivity index (χ4v) is 1.86. The van der Waals surface area contributed by atoms with Crippen molar-refractivity contribution in [3.63, 3.8) is 0 Å². The Morgan fingerprint density at radius 1 is 1.12 bits per heavy atom. The van der Waals surface area contributed by atoms with Gasteiger partial charge in [0, 0.05) is 27.2 Å². The molecule has 1 heterocycles. The van der Waals surface area contributed by atoms with Crippen molar-refractivity contribution < 1.29 is 0 Å². The number of aromatic nitrogens is 1. The molecule has 0 saturated heterocycles. The highest BCUT2D eigenvalue weighted by atomic mass is 127. The Morgan fingerprint density at radius 3 is 2.69 bits per heavy atom. The number of nitrogens with zero attached hydrogens (tertiary/aromatic N) is 1. The van der Waals surface area contributed by atoms with Gasteiger partial charge in [-0.05, 0) is 46.9 Å². The zero-order valence-electron chi connectivity index (χ0n) is 8.44. The molecule has 0 aliphatic carbocycles. The maximum atomic E-state index is 5.29. The summed E-state index contributed by atoms with van der Waals surface area (Å²) in [6, 6.07) is 11.9. The van der Waals surface area contributed by atoms with E-state index in [1.54, 1.807) is 6.20 Å². The van der Waals surface area contributed by atoms with Gasteiger partial charge in [0.15, 0.2) is 0 Å². The summed E-state index contributed by atoms with van der Waals surface area (Å²) in [7, 11) is 0. The van der Waals surface area contributed by atoms with Gasteiger partial charge in [0.2, 0.25) is 0 Å². The minimum atomic E-state index is 0.635. The highest BCUT2D eigenvalue weighted by Crippen LogP contribution is 2.19. The second-order valence-corrected chi connectivity index (χ2v) is 4.46. The smallest absolute Gasteiger partial charge is 0.141 e. The average Bonchev–Trinajstić information content (AvgIpc) is 2.29. The Kier molecular flexibility index (Phi) is 3.58. The molecule has 2 aromatic rings. The van der Waals surface area contributed by atoms with Crippen LogP contribution in [0.15, 0.2) is 42.6 Å². The quantitative estimate of drug-likeness (QED) is 0.461. The summed E-state index contributed by atoms with van der Waals surface area (Å²) in [4.78, 5) is 4.04. The van der Waals surface area contributed by atoms with E-state index in [4.69, 9.17) is 5.84 Å². The van der Waals surface area contributed by atoms with Crippen molar-refractivity contribution in [2.75, 3.05) is 10.7 Å². The molecule has 5 heteroatoms. The molecule has 16 heavy (non-hydrogen) atoms. The van der Waals surface area contributed by atoms with E-state index in [1.165, 1.54) is 3.57 Å². The molecule has 0 saturated carbocycles. The molecule has 0 aliphatic rings. The van der Waals surface area contributed by atoms with Gasteiger partial charge in [-0.25, -0.2) is 10.8 Å². The predicted molar refractivity (Wildman–Crippen MR) is 74.5 cm³/mol. The first-order valence-corrected chi connectivity index (χ1v) is 5.81. The van der Waals surface area contributed by atoms with Crippen LogP contribution in [0.3, 0.4) is 0 Å². The molecule has 0 unspecified atom stereocenters. The van der Waals surface area contributed by atoms with Crippen LogP contribution in [-0.4, -0.2) is 4.98 Å². The number of halogens is 1. The molecule has 4 N–H and O–H groups in total. The molecule has 0 bridgehead atoms. The van der Waals surface area contributed by atoms with Gasteiger partial charge >= 0.3 is 0 Å². The number of nitrogens with two attached hydrogens (primary N) is 1. The van der Waals surface area contributed by atoms with Crippen LogP contribution >= 0.6 is 22.6 Å². The standard InChI is InChI=1S/C11H11IN4/c12-8-2-1-3-9(6-8)15-10-4-5-14-11(7-10)16-13/h1-7H,13H2,(H2,14,15,16). The fraction of sp³-hybridized carbons (Fsp3) is 0. The summed E-state index contributed by atoms with van der Waals surface area (Å²) < 4.78 is 1.19. The fourth-order valence-electron chi connectivity index (χ4n) is 1.32. The summed E-state index contributed by atoms with van der Waals surface area (Å²) >= 11 is 2.28. The van der Waals surface area contributed by atoms with Crippen LogP contribution in [0, 0.1) is 3.57 Å². The first-order chi connectivity index (χ1) is 7.78. The van der Waals surface area contributed by atoms with Crippen molar-refractivity contribution >= 4 is 39.8 Å². The third-order valence-corrected chi connectivity index (χ3v) is 2.69. The number of nitrogen functional groups attached to an aromatic ring is 1. The van der Waals surface area contributed by atoms with Gasteiger partial charge in [0.1, 0.15) is 5.82 Å². The Morgan fingerprint density at radius 2 is 1.94 bits per heavy atom. The van der Waals surface area contributed by atoms with E-state index in [0.717, 1.165) is 11.4 Å². The van der Waals surface area contributed by atoms with E-state index < -0.39 is 0 Å². The van der Waals surface area contributed by atoms with Crippen molar-refractivity contribution in [1.29, 1.82) is 0 Å². The number of rotatable bonds is 3. The summed E-state index contributed by atoms with van der Waals surface area (Å²) in [6.07, 6.45) is 1.70.